The van der Waals surface area contributed by atoms with Crippen molar-refractivity contribution in [3.63, 3.8) is 0 Å². The summed E-state index contributed by atoms with van der Waals surface area (Å²) in [5.41, 5.74) is 1.000. The number of ether oxygens (including phenoxy) is 2. The van der Waals surface area contributed by atoms with Crippen LogP contribution < -0.4 is 20.3 Å². The second kappa shape index (κ2) is 8.76. The molecule has 0 spiro atoms. The fraction of sp³-hybridized carbons (Fsp3) is 0.136. The van der Waals surface area contributed by atoms with E-state index in [2.05, 4.69) is 5.32 Å². The first-order valence-electron chi connectivity index (χ1n) is 8.77. The van der Waals surface area contributed by atoms with Crippen LogP contribution in [0, 0.1) is 11.3 Å². The summed E-state index contributed by atoms with van der Waals surface area (Å²) in [7, 11) is 3.10. The second-order valence-electron chi connectivity index (χ2n) is 6.19. The zero-order valence-electron chi connectivity index (χ0n) is 16.0. The van der Waals surface area contributed by atoms with Crippen molar-refractivity contribution < 1.29 is 14.3 Å². The molecule has 0 aliphatic rings. The van der Waals surface area contributed by atoms with Gasteiger partial charge >= 0.3 is 0 Å². The van der Waals surface area contributed by atoms with Crippen LogP contribution in [0.25, 0.3) is 0 Å². The number of pyridine rings is 1. The van der Waals surface area contributed by atoms with Crippen molar-refractivity contribution in [1.29, 1.82) is 5.26 Å². The Hall–Kier alpha value is -4.05. The van der Waals surface area contributed by atoms with Crippen LogP contribution in [0.4, 0.5) is 5.69 Å². The van der Waals surface area contributed by atoms with Crippen LogP contribution in [0.3, 0.4) is 0 Å². The van der Waals surface area contributed by atoms with Gasteiger partial charge in [0.05, 0.1) is 32.0 Å². The number of aromatic nitrogens is 1. The lowest BCUT2D eigenvalue weighted by atomic mass is 10.1. The average Bonchev–Trinajstić information content (AvgIpc) is 2.75. The topological polar surface area (TPSA) is 93.4 Å². The molecule has 7 heteroatoms. The largest absolute Gasteiger partial charge is 0.497 e. The third-order valence-electron chi connectivity index (χ3n) is 4.32. The van der Waals surface area contributed by atoms with Gasteiger partial charge in [-0.05, 0) is 42.0 Å². The molecule has 0 radical (unpaired) electrons. The molecule has 1 heterocycles. The molecule has 0 saturated heterocycles. The smallest absolute Gasteiger partial charge is 0.263 e. The van der Waals surface area contributed by atoms with E-state index in [1.165, 1.54) is 10.6 Å². The van der Waals surface area contributed by atoms with Crippen LogP contribution in [0.15, 0.2) is 65.6 Å². The fourth-order valence-corrected chi connectivity index (χ4v) is 2.87. The van der Waals surface area contributed by atoms with Crippen LogP contribution in [0.5, 0.6) is 11.5 Å². The molecule has 0 aliphatic carbocycles. The van der Waals surface area contributed by atoms with Crippen molar-refractivity contribution in [2.24, 2.45) is 0 Å². The number of nitriles is 1. The predicted molar refractivity (Wildman–Crippen MR) is 108 cm³/mol. The van der Waals surface area contributed by atoms with E-state index in [0.29, 0.717) is 22.7 Å². The van der Waals surface area contributed by atoms with Crippen LogP contribution in [-0.2, 0) is 6.54 Å². The second-order valence-corrected chi connectivity index (χ2v) is 6.19. The van der Waals surface area contributed by atoms with Gasteiger partial charge in [0, 0.05) is 12.3 Å². The van der Waals surface area contributed by atoms with E-state index in [-0.39, 0.29) is 12.1 Å². The summed E-state index contributed by atoms with van der Waals surface area (Å²) in [6.07, 6.45) is 1.61. The number of methoxy groups -OCH3 is 2. The van der Waals surface area contributed by atoms with Gasteiger partial charge in [0.2, 0.25) is 0 Å². The van der Waals surface area contributed by atoms with Crippen LogP contribution >= 0.6 is 0 Å². The highest BCUT2D eigenvalue weighted by atomic mass is 16.5. The number of carbonyl (C=O) groups excluding carboxylic acids is 1. The van der Waals surface area contributed by atoms with Gasteiger partial charge in [0.1, 0.15) is 23.1 Å². The number of carbonyl (C=O) groups is 1. The van der Waals surface area contributed by atoms with Crippen molar-refractivity contribution in [1.82, 2.24) is 4.57 Å². The SMILES string of the molecule is COc1cc(Cn2cccc(C(=O)Nc3ccccc3C#N)c2=O)cc(OC)c1. The van der Waals surface area contributed by atoms with Crippen molar-refractivity contribution >= 4 is 11.6 Å². The lowest BCUT2D eigenvalue weighted by Crippen LogP contribution is -2.29. The van der Waals surface area contributed by atoms with E-state index >= 15 is 0 Å². The molecular formula is C22H19N3O4. The Kier molecular flexibility index (Phi) is 5.95. The maximum atomic E-state index is 12.8. The molecule has 1 aromatic heterocycles. The zero-order valence-corrected chi connectivity index (χ0v) is 16.0. The van der Waals surface area contributed by atoms with Crippen molar-refractivity contribution in [3.8, 4) is 17.6 Å². The molecule has 0 saturated carbocycles. The van der Waals surface area contributed by atoms with Crippen LogP contribution in [0.2, 0.25) is 0 Å². The standard InChI is InChI=1S/C22H19N3O4/c1-28-17-10-15(11-18(12-17)29-2)14-25-9-5-7-19(22(25)27)21(26)24-20-8-4-3-6-16(20)13-23/h3-12H,14H2,1-2H3,(H,24,26). The molecule has 29 heavy (non-hydrogen) atoms. The monoisotopic (exact) mass is 389 g/mol. The molecule has 0 atom stereocenters. The molecule has 0 bridgehead atoms. The van der Waals surface area contributed by atoms with E-state index in [1.54, 1.807) is 68.9 Å². The molecule has 0 fully saturated rings. The number of nitrogens with zero attached hydrogens (tertiary/aromatic N) is 2. The summed E-state index contributed by atoms with van der Waals surface area (Å²) < 4.78 is 11.9. The molecule has 1 amide bonds. The number of hydrogen-bond donors (Lipinski definition) is 1. The minimum Gasteiger partial charge on any atom is -0.497 e. The summed E-state index contributed by atoms with van der Waals surface area (Å²) in [4.78, 5) is 25.5. The highest BCUT2D eigenvalue weighted by Crippen LogP contribution is 2.23. The Labute approximate surface area is 167 Å². The first-order valence-corrected chi connectivity index (χ1v) is 8.77. The maximum Gasteiger partial charge on any atom is 0.263 e. The molecule has 0 aliphatic heterocycles. The van der Waals surface area contributed by atoms with Gasteiger partial charge < -0.3 is 19.4 Å². The molecule has 7 nitrogen and oxygen atoms in total. The number of hydrogen-bond acceptors (Lipinski definition) is 5. The summed E-state index contributed by atoms with van der Waals surface area (Å²) in [5, 5.41) is 11.8. The minimum atomic E-state index is -0.574. The van der Waals surface area contributed by atoms with E-state index in [9.17, 15) is 9.59 Å². The Bertz CT molecular complexity index is 1120. The van der Waals surface area contributed by atoms with Gasteiger partial charge in [-0.25, -0.2) is 0 Å². The predicted octanol–water partition coefficient (Wildman–Crippen LogP) is 3.04. The fourth-order valence-electron chi connectivity index (χ4n) is 2.87. The quantitative estimate of drug-likeness (QED) is 0.699. The Morgan fingerprint density at radius 2 is 1.76 bits per heavy atom. The van der Waals surface area contributed by atoms with Gasteiger partial charge in [0.25, 0.3) is 11.5 Å². The minimum absolute atomic E-state index is 0.0184. The molecule has 3 aromatic rings. The summed E-state index contributed by atoms with van der Waals surface area (Å²) in [5.74, 6) is 0.638. The van der Waals surface area contributed by atoms with Gasteiger partial charge in [0.15, 0.2) is 0 Å². The van der Waals surface area contributed by atoms with E-state index in [4.69, 9.17) is 14.7 Å². The Balaban J connectivity index is 1.89. The van der Waals surface area contributed by atoms with Crippen molar-refractivity contribution in [2.75, 3.05) is 19.5 Å². The molecule has 1 N–H and O–H groups in total. The van der Waals surface area contributed by atoms with Crippen LogP contribution in [-0.4, -0.2) is 24.7 Å². The van der Waals surface area contributed by atoms with Gasteiger partial charge in [-0.2, -0.15) is 5.26 Å². The third-order valence-corrected chi connectivity index (χ3v) is 4.32. The summed E-state index contributed by atoms with van der Waals surface area (Å²) in [6, 6.07) is 17.0. The molecule has 0 unspecified atom stereocenters. The lowest BCUT2D eigenvalue weighted by molar-refractivity contribution is 0.102. The number of benzene rings is 2. The van der Waals surface area contributed by atoms with Gasteiger partial charge in [-0.3, -0.25) is 9.59 Å². The average molecular weight is 389 g/mol. The van der Waals surface area contributed by atoms with Gasteiger partial charge in [-0.15, -0.1) is 0 Å². The Morgan fingerprint density at radius 3 is 2.41 bits per heavy atom. The number of nitrogens with one attached hydrogen (secondary N) is 1. The number of rotatable bonds is 6. The highest BCUT2D eigenvalue weighted by molar-refractivity contribution is 6.04. The first kappa shape index (κ1) is 19.7. The number of anilines is 1. The maximum absolute atomic E-state index is 12.8. The van der Waals surface area contributed by atoms with Crippen molar-refractivity contribution in [2.45, 2.75) is 6.54 Å². The highest BCUT2D eigenvalue weighted by Gasteiger charge is 2.14. The number of para-hydroxylation sites is 1. The molecular weight excluding hydrogens is 370 g/mol. The van der Waals surface area contributed by atoms with E-state index in [0.717, 1.165) is 5.56 Å². The van der Waals surface area contributed by atoms with Crippen molar-refractivity contribution in [3.05, 3.63) is 87.8 Å². The summed E-state index contributed by atoms with van der Waals surface area (Å²) in [6.45, 7) is 0.238. The number of amides is 1. The molecule has 146 valence electrons. The normalized spacial score (nSPS) is 10.1. The third kappa shape index (κ3) is 4.45. The molecule has 3 rings (SSSR count). The van der Waals surface area contributed by atoms with E-state index in [1.807, 2.05) is 6.07 Å². The zero-order chi connectivity index (χ0) is 20.8. The van der Waals surface area contributed by atoms with Gasteiger partial charge in [-0.1, -0.05) is 12.1 Å². The summed E-state index contributed by atoms with van der Waals surface area (Å²) >= 11 is 0. The van der Waals surface area contributed by atoms with Crippen LogP contribution in [0.1, 0.15) is 21.5 Å². The Morgan fingerprint density at radius 1 is 1.07 bits per heavy atom. The first-order chi connectivity index (χ1) is 14.0. The van der Waals surface area contributed by atoms with E-state index < -0.39 is 11.5 Å². The lowest BCUT2D eigenvalue weighted by Gasteiger charge is -2.12. The molecule has 2 aromatic carbocycles.